The van der Waals surface area contributed by atoms with Crippen molar-refractivity contribution < 1.29 is 9.59 Å². The zero-order chi connectivity index (χ0) is 17.2. The monoisotopic (exact) mass is 317 g/mol. The summed E-state index contributed by atoms with van der Waals surface area (Å²) in [6.45, 7) is 9.57. The van der Waals surface area contributed by atoms with Crippen LogP contribution in [0.5, 0.6) is 0 Å². The summed E-state index contributed by atoms with van der Waals surface area (Å²) < 4.78 is 0. The Morgan fingerprint density at radius 3 is 2.35 bits per heavy atom. The fraction of sp³-hybridized carbons (Fsp3) is 0.444. The largest absolute Gasteiger partial charge is 0.354 e. The number of benzene rings is 1. The standard InChI is InChI=1S/C18H27N3O2/c1-5-7-15(6-2)20-18(23)21-16-10-8-14(9-11-16)12-17(22)19-13(3)4/h5,8-11,13,15H,1,6-7,12H2,2-4H3,(H,19,22)(H2,20,21,23). The molecule has 1 unspecified atom stereocenters. The van der Waals surface area contributed by atoms with Crippen LogP contribution in [0.2, 0.25) is 0 Å². The van der Waals surface area contributed by atoms with Crippen molar-refractivity contribution in [3.8, 4) is 0 Å². The number of carbonyl (C=O) groups excluding carboxylic acids is 2. The highest BCUT2D eigenvalue weighted by atomic mass is 16.2. The van der Waals surface area contributed by atoms with Gasteiger partial charge in [0.25, 0.3) is 0 Å². The molecule has 0 heterocycles. The molecule has 1 atom stereocenters. The number of hydrogen-bond donors (Lipinski definition) is 3. The number of amides is 3. The number of carbonyl (C=O) groups is 2. The Balaban J connectivity index is 2.51. The van der Waals surface area contributed by atoms with E-state index in [9.17, 15) is 9.59 Å². The minimum Gasteiger partial charge on any atom is -0.354 e. The van der Waals surface area contributed by atoms with Gasteiger partial charge in [-0.15, -0.1) is 6.58 Å². The lowest BCUT2D eigenvalue weighted by atomic mass is 10.1. The third kappa shape index (κ3) is 7.49. The lowest BCUT2D eigenvalue weighted by Gasteiger charge is -2.15. The molecule has 5 nitrogen and oxygen atoms in total. The van der Waals surface area contributed by atoms with Gasteiger partial charge in [0.05, 0.1) is 6.42 Å². The van der Waals surface area contributed by atoms with E-state index in [1.807, 2.05) is 32.9 Å². The van der Waals surface area contributed by atoms with Crippen LogP contribution < -0.4 is 16.0 Å². The average Bonchev–Trinajstić information content (AvgIpc) is 2.48. The second kappa shape index (κ2) is 9.66. The number of rotatable bonds is 8. The molecular weight excluding hydrogens is 290 g/mol. The van der Waals surface area contributed by atoms with Crippen LogP contribution in [0.25, 0.3) is 0 Å². The quantitative estimate of drug-likeness (QED) is 0.644. The number of urea groups is 1. The smallest absolute Gasteiger partial charge is 0.319 e. The van der Waals surface area contributed by atoms with Crippen LogP contribution in [0.1, 0.15) is 39.2 Å². The van der Waals surface area contributed by atoms with Gasteiger partial charge in [-0.1, -0.05) is 25.1 Å². The summed E-state index contributed by atoms with van der Waals surface area (Å²) in [5.74, 6) is -0.00587. The van der Waals surface area contributed by atoms with Crippen molar-refractivity contribution in [1.29, 1.82) is 0 Å². The summed E-state index contributed by atoms with van der Waals surface area (Å²) in [5.41, 5.74) is 1.61. The van der Waals surface area contributed by atoms with Gasteiger partial charge in [-0.3, -0.25) is 4.79 Å². The molecule has 0 aliphatic heterocycles. The van der Waals surface area contributed by atoms with Gasteiger partial charge in [0, 0.05) is 17.8 Å². The number of hydrogen-bond acceptors (Lipinski definition) is 2. The maximum Gasteiger partial charge on any atom is 0.319 e. The molecule has 0 aromatic heterocycles. The highest BCUT2D eigenvalue weighted by molar-refractivity contribution is 5.89. The zero-order valence-corrected chi connectivity index (χ0v) is 14.2. The van der Waals surface area contributed by atoms with Crippen molar-refractivity contribution in [2.75, 3.05) is 5.32 Å². The summed E-state index contributed by atoms with van der Waals surface area (Å²) in [6.07, 6.45) is 3.73. The van der Waals surface area contributed by atoms with Crippen molar-refractivity contribution in [3.63, 3.8) is 0 Å². The fourth-order valence-corrected chi connectivity index (χ4v) is 2.15. The van der Waals surface area contributed by atoms with Gasteiger partial charge >= 0.3 is 6.03 Å². The molecule has 1 aromatic carbocycles. The molecule has 0 fully saturated rings. The van der Waals surface area contributed by atoms with E-state index < -0.39 is 0 Å². The summed E-state index contributed by atoms with van der Waals surface area (Å²) >= 11 is 0. The zero-order valence-electron chi connectivity index (χ0n) is 14.2. The van der Waals surface area contributed by atoms with Gasteiger partial charge in [-0.25, -0.2) is 4.79 Å². The maximum atomic E-state index is 11.9. The molecule has 0 aliphatic carbocycles. The molecule has 3 amide bonds. The van der Waals surface area contributed by atoms with Gasteiger partial charge in [-0.2, -0.15) is 0 Å². The molecule has 0 aliphatic rings. The van der Waals surface area contributed by atoms with E-state index >= 15 is 0 Å². The van der Waals surface area contributed by atoms with Crippen LogP contribution in [-0.4, -0.2) is 24.0 Å². The first kappa shape index (κ1) is 18.7. The summed E-state index contributed by atoms with van der Waals surface area (Å²) in [4.78, 5) is 23.6. The van der Waals surface area contributed by atoms with Crippen LogP contribution in [0.3, 0.4) is 0 Å². The second-order valence-corrected chi connectivity index (χ2v) is 5.82. The second-order valence-electron chi connectivity index (χ2n) is 5.82. The summed E-state index contributed by atoms with van der Waals surface area (Å²) in [7, 11) is 0. The van der Waals surface area contributed by atoms with Gasteiger partial charge in [0.1, 0.15) is 0 Å². The Morgan fingerprint density at radius 2 is 1.83 bits per heavy atom. The third-order valence-electron chi connectivity index (χ3n) is 3.31. The summed E-state index contributed by atoms with van der Waals surface area (Å²) in [5, 5.41) is 8.54. The minimum absolute atomic E-state index is 0.00587. The fourth-order valence-electron chi connectivity index (χ4n) is 2.15. The molecule has 0 radical (unpaired) electrons. The van der Waals surface area contributed by atoms with Gasteiger partial charge in [0.2, 0.25) is 5.91 Å². The molecule has 0 bridgehead atoms. The van der Waals surface area contributed by atoms with Gasteiger partial charge in [-0.05, 0) is 44.4 Å². The maximum absolute atomic E-state index is 11.9. The van der Waals surface area contributed by atoms with E-state index in [4.69, 9.17) is 0 Å². The van der Waals surface area contributed by atoms with E-state index in [1.54, 1.807) is 18.2 Å². The molecule has 126 valence electrons. The Labute approximate surface area is 138 Å². The highest BCUT2D eigenvalue weighted by Crippen LogP contribution is 2.10. The Bertz CT molecular complexity index is 524. The van der Waals surface area contributed by atoms with Crippen LogP contribution in [-0.2, 0) is 11.2 Å². The number of anilines is 1. The third-order valence-corrected chi connectivity index (χ3v) is 3.31. The molecular formula is C18H27N3O2. The minimum atomic E-state index is -0.232. The lowest BCUT2D eigenvalue weighted by Crippen LogP contribution is -2.37. The Hall–Kier alpha value is -2.30. The van der Waals surface area contributed by atoms with Crippen molar-refractivity contribution >= 4 is 17.6 Å². The molecule has 1 aromatic rings. The van der Waals surface area contributed by atoms with Gasteiger partial charge in [0.15, 0.2) is 0 Å². The molecule has 0 saturated heterocycles. The van der Waals surface area contributed by atoms with Crippen molar-refractivity contribution in [2.24, 2.45) is 0 Å². The van der Waals surface area contributed by atoms with Crippen molar-refractivity contribution in [1.82, 2.24) is 10.6 Å². The highest BCUT2D eigenvalue weighted by Gasteiger charge is 2.09. The average molecular weight is 317 g/mol. The summed E-state index contributed by atoms with van der Waals surface area (Å²) in [6, 6.07) is 7.27. The Morgan fingerprint density at radius 1 is 1.17 bits per heavy atom. The normalized spacial score (nSPS) is 11.7. The molecule has 23 heavy (non-hydrogen) atoms. The van der Waals surface area contributed by atoms with E-state index in [1.165, 1.54) is 0 Å². The first-order chi connectivity index (χ1) is 10.9. The van der Waals surface area contributed by atoms with Gasteiger partial charge < -0.3 is 16.0 Å². The number of nitrogens with one attached hydrogen (secondary N) is 3. The molecule has 5 heteroatoms. The SMILES string of the molecule is C=CCC(CC)NC(=O)Nc1ccc(CC(=O)NC(C)C)cc1. The lowest BCUT2D eigenvalue weighted by molar-refractivity contribution is -0.120. The topological polar surface area (TPSA) is 70.2 Å². The predicted octanol–water partition coefficient (Wildman–Crippen LogP) is 3.23. The van der Waals surface area contributed by atoms with E-state index in [-0.39, 0.29) is 24.0 Å². The van der Waals surface area contributed by atoms with Crippen LogP contribution in [0, 0.1) is 0 Å². The molecule has 0 saturated carbocycles. The predicted molar refractivity (Wildman–Crippen MR) is 94.5 cm³/mol. The molecule has 0 spiro atoms. The van der Waals surface area contributed by atoms with Crippen molar-refractivity contribution in [3.05, 3.63) is 42.5 Å². The van der Waals surface area contributed by atoms with E-state index in [0.29, 0.717) is 12.1 Å². The first-order valence-electron chi connectivity index (χ1n) is 8.01. The first-order valence-corrected chi connectivity index (χ1v) is 8.01. The van der Waals surface area contributed by atoms with Crippen LogP contribution in [0.15, 0.2) is 36.9 Å². The van der Waals surface area contributed by atoms with E-state index in [0.717, 1.165) is 18.4 Å². The Kier molecular flexibility index (Phi) is 7.88. The van der Waals surface area contributed by atoms with Crippen LogP contribution >= 0.6 is 0 Å². The van der Waals surface area contributed by atoms with E-state index in [2.05, 4.69) is 22.5 Å². The van der Waals surface area contributed by atoms with Crippen molar-refractivity contribution in [2.45, 2.75) is 52.1 Å². The van der Waals surface area contributed by atoms with Crippen LogP contribution in [0.4, 0.5) is 10.5 Å². The molecule has 1 rings (SSSR count). The molecule has 3 N–H and O–H groups in total.